The van der Waals surface area contributed by atoms with Crippen LogP contribution < -0.4 is 0 Å². The number of thiophene rings is 1. The first-order valence-electron chi connectivity index (χ1n) is 5.85. The van der Waals surface area contributed by atoms with Gasteiger partial charge >= 0.3 is 0 Å². The maximum atomic E-state index is 12.1. The monoisotopic (exact) mass is 335 g/mol. The fourth-order valence-electron chi connectivity index (χ4n) is 2.15. The number of carbonyl (C=O) groups excluding carboxylic acids is 2. The molecule has 0 radical (unpaired) electrons. The molecule has 96 valence electrons. The third-order valence-corrected chi connectivity index (χ3v) is 4.84. The maximum Gasteiger partial charge on any atom is 0.261 e. The quantitative estimate of drug-likeness (QED) is 0.806. The molecule has 1 aromatic heterocycles. The van der Waals surface area contributed by atoms with Crippen LogP contribution >= 0.6 is 27.3 Å². The lowest BCUT2D eigenvalue weighted by Crippen LogP contribution is -2.31. The predicted molar refractivity (Wildman–Crippen MR) is 77.5 cm³/mol. The lowest BCUT2D eigenvalue weighted by atomic mass is 10.1. The first-order chi connectivity index (χ1) is 9.16. The number of benzene rings is 1. The van der Waals surface area contributed by atoms with Crippen molar-refractivity contribution in [1.82, 2.24) is 4.90 Å². The Labute approximate surface area is 123 Å². The normalized spacial score (nSPS) is 14.1. The van der Waals surface area contributed by atoms with Gasteiger partial charge in [0.25, 0.3) is 11.8 Å². The summed E-state index contributed by atoms with van der Waals surface area (Å²) in [7, 11) is 0. The molecule has 3 rings (SSSR count). The molecule has 0 bridgehead atoms. The summed E-state index contributed by atoms with van der Waals surface area (Å²) >= 11 is 5.02. The van der Waals surface area contributed by atoms with Gasteiger partial charge in [-0.25, -0.2) is 0 Å². The van der Waals surface area contributed by atoms with Gasteiger partial charge < -0.3 is 0 Å². The standard InChI is InChI=1S/C14H10BrNO2S/c15-9-7-10(19-8-9)5-6-16-13(17)11-3-1-2-4-12(11)14(16)18/h1-4,7-8H,5-6H2. The smallest absolute Gasteiger partial charge is 0.261 e. The molecule has 0 saturated heterocycles. The van der Waals surface area contributed by atoms with Crippen LogP contribution in [-0.2, 0) is 6.42 Å². The number of hydrogen-bond acceptors (Lipinski definition) is 3. The molecule has 0 saturated carbocycles. The average Bonchev–Trinajstić information content (AvgIpc) is 2.93. The number of imide groups is 1. The molecule has 1 aliphatic rings. The largest absolute Gasteiger partial charge is 0.274 e. The number of halogens is 1. The third-order valence-electron chi connectivity index (χ3n) is 3.08. The van der Waals surface area contributed by atoms with Crippen LogP contribution in [0.1, 0.15) is 25.6 Å². The number of hydrogen-bond donors (Lipinski definition) is 0. The van der Waals surface area contributed by atoms with Crippen LogP contribution in [0.25, 0.3) is 0 Å². The zero-order valence-corrected chi connectivity index (χ0v) is 12.3. The van der Waals surface area contributed by atoms with Crippen LogP contribution in [0, 0.1) is 0 Å². The van der Waals surface area contributed by atoms with Crippen LogP contribution in [0.4, 0.5) is 0 Å². The van der Waals surface area contributed by atoms with Gasteiger partial charge in [-0.15, -0.1) is 11.3 Å². The van der Waals surface area contributed by atoms with Gasteiger partial charge in [-0.05, 0) is 40.5 Å². The van der Waals surface area contributed by atoms with Gasteiger partial charge in [0.1, 0.15) is 0 Å². The Kier molecular flexibility index (Phi) is 3.24. The Balaban J connectivity index is 1.77. The zero-order chi connectivity index (χ0) is 13.4. The Morgan fingerprint density at radius 2 is 1.74 bits per heavy atom. The summed E-state index contributed by atoms with van der Waals surface area (Å²) in [5.74, 6) is -0.368. The minimum Gasteiger partial charge on any atom is -0.274 e. The van der Waals surface area contributed by atoms with Crippen molar-refractivity contribution in [2.24, 2.45) is 0 Å². The molecule has 0 unspecified atom stereocenters. The Bertz CT molecular complexity index is 630. The van der Waals surface area contributed by atoms with Crippen molar-refractivity contribution in [2.45, 2.75) is 6.42 Å². The molecule has 2 amide bonds. The van der Waals surface area contributed by atoms with Crippen LogP contribution in [0.3, 0.4) is 0 Å². The third kappa shape index (κ3) is 2.24. The molecule has 0 atom stereocenters. The summed E-state index contributed by atoms with van der Waals surface area (Å²) in [5, 5.41) is 2.00. The molecule has 19 heavy (non-hydrogen) atoms. The summed E-state index contributed by atoms with van der Waals surface area (Å²) in [6.07, 6.45) is 0.696. The molecule has 0 spiro atoms. The molecule has 3 nitrogen and oxygen atoms in total. The van der Waals surface area contributed by atoms with Crippen molar-refractivity contribution < 1.29 is 9.59 Å². The average molecular weight is 336 g/mol. The Morgan fingerprint density at radius 1 is 1.11 bits per heavy atom. The number of carbonyl (C=O) groups is 2. The molecular formula is C14H10BrNO2S. The summed E-state index contributed by atoms with van der Waals surface area (Å²) in [6.45, 7) is 0.430. The molecule has 5 heteroatoms. The van der Waals surface area contributed by atoms with Gasteiger partial charge in [0.15, 0.2) is 0 Å². The highest BCUT2D eigenvalue weighted by Gasteiger charge is 2.34. The summed E-state index contributed by atoms with van der Waals surface area (Å²) in [4.78, 5) is 26.8. The molecule has 0 N–H and O–H groups in total. The van der Waals surface area contributed by atoms with E-state index in [4.69, 9.17) is 0 Å². The highest BCUT2D eigenvalue weighted by molar-refractivity contribution is 9.10. The number of fused-ring (bicyclic) bond motifs is 1. The van der Waals surface area contributed by atoms with Crippen LogP contribution in [0.5, 0.6) is 0 Å². The van der Waals surface area contributed by atoms with E-state index in [0.717, 1.165) is 9.35 Å². The van der Waals surface area contributed by atoms with Gasteiger partial charge in [0.2, 0.25) is 0 Å². The first kappa shape index (κ1) is 12.6. The van der Waals surface area contributed by atoms with Crippen LogP contribution in [-0.4, -0.2) is 23.3 Å². The molecule has 2 aromatic rings. The second-order valence-electron chi connectivity index (χ2n) is 4.29. The van der Waals surface area contributed by atoms with E-state index in [2.05, 4.69) is 15.9 Å². The summed E-state index contributed by atoms with van der Waals surface area (Å²) < 4.78 is 1.04. The molecule has 2 heterocycles. The SMILES string of the molecule is O=C1c2ccccc2C(=O)N1CCc1cc(Br)cs1. The minimum atomic E-state index is -0.184. The fourth-order valence-corrected chi connectivity index (χ4v) is 3.59. The second kappa shape index (κ2) is 4.90. The molecule has 1 aliphatic heterocycles. The van der Waals surface area contributed by atoms with Gasteiger partial charge in [0, 0.05) is 21.3 Å². The highest BCUT2D eigenvalue weighted by Crippen LogP contribution is 2.24. The van der Waals surface area contributed by atoms with Crippen molar-refractivity contribution in [2.75, 3.05) is 6.54 Å². The van der Waals surface area contributed by atoms with E-state index in [1.807, 2.05) is 11.4 Å². The van der Waals surface area contributed by atoms with Crippen molar-refractivity contribution >= 4 is 39.1 Å². The van der Waals surface area contributed by atoms with Crippen molar-refractivity contribution in [3.63, 3.8) is 0 Å². The van der Waals surface area contributed by atoms with E-state index in [0.29, 0.717) is 24.1 Å². The maximum absolute atomic E-state index is 12.1. The van der Waals surface area contributed by atoms with Gasteiger partial charge in [-0.2, -0.15) is 0 Å². The molecular weight excluding hydrogens is 326 g/mol. The summed E-state index contributed by atoms with van der Waals surface area (Å²) in [6, 6.07) is 8.99. The minimum absolute atomic E-state index is 0.184. The van der Waals surface area contributed by atoms with Crippen molar-refractivity contribution in [3.05, 3.63) is 56.2 Å². The fraction of sp³-hybridized carbons (Fsp3) is 0.143. The van der Waals surface area contributed by atoms with Crippen LogP contribution in [0.15, 0.2) is 40.2 Å². The van der Waals surface area contributed by atoms with Crippen LogP contribution in [0.2, 0.25) is 0 Å². The van der Waals surface area contributed by atoms with E-state index in [1.54, 1.807) is 35.6 Å². The first-order valence-corrected chi connectivity index (χ1v) is 7.52. The molecule has 1 aromatic carbocycles. The second-order valence-corrected chi connectivity index (χ2v) is 6.20. The van der Waals surface area contributed by atoms with E-state index < -0.39 is 0 Å². The topological polar surface area (TPSA) is 37.4 Å². The Hall–Kier alpha value is -1.46. The van der Waals surface area contributed by atoms with E-state index >= 15 is 0 Å². The predicted octanol–water partition coefficient (Wildman–Crippen LogP) is 3.35. The zero-order valence-electron chi connectivity index (χ0n) is 9.93. The lowest BCUT2D eigenvalue weighted by Gasteiger charge is -2.12. The molecule has 0 fully saturated rings. The van der Waals surface area contributed by atoms with Crippen molar-refractivity contribution in [3.8, 4) is 0 Å². The van der Waals surface area contributed by atoms with Gasteiger partial charge in [0.05, 0.1) is 11.1 Å². The number of amides is 2. The number of rotatable bonds is 3. The van der Waals surface area contributed by atoms with E-state index in [-0.39, 0.29) is 11.8 Å². The van der Waals surface area contributed by atoms with Gasteiger partial charge in [-0.3, -0.25) is 14.5 Å². The highest BCUT2D eigenvalue weighted by atomic mass is 79.9. The lowest BCUT2D eigenvalue weighted by molar-refractivity contribution is 0.0656. The summed E-state index contributed by atoms with van der Waals surface area (Å²) in [5.41, 5.74) is 1.03. The van der Waals surface area contributed by atoms with Crippen molar-refractivity contribution in [1.29, 1.82) is 0 Å². The van der Waals surface area contributed by atoms with E-state index in [1.165, 1.54) is 4.90 Å². The number of nitrogens with zero attached hydrogens (tertiary/aromatic N) is 1. The van der Waals surface area contributed by atoms with Gasteiger partial charge in [-0.1, -0.05) is 12.1 Å². The molecule has 0 aliphatic carbocycles. The Morgan fingerprint density at radius 3 is 2.26 bits per heavy atom. The van der Waals surface area contributed by atoms with E-state index in [9.17, 15) is 9.59 Å².